The van der Waals surface area contributed by atoms with Gasteiger partial charge in [-0.25, -0.2) is 14.8 Å². The Morgan fingerprint density at radius 2 is 2.14 bits per heavy atom. The molecule has 0 unspecified atom stereocenters. The number of rotatable bonds is 4. The fourth-order valence-electron chi connectivity index (χ4n) is 2.27. The molecule has 1 amide bonds. The van der Waals surface area contributed by atoms with E-state index in [-0.39, 0.29) is 28.6 Å². The first kappa shape index (κ1) is 15.0. The molecule has 2 aliphatic heterocycles. The highest BCUT2D eigenvalue weighted by atomic mass is 32.2. The zero-order valence-electron chi connectivity index (χ0n) is 11.4. The van der Waals surface area contributed by atoms with Crippen LogP contribution in [0.25, 0.3) is 0 Å². The molecule has 1 aromatic heterocycles. The molecule has 0 saturated carbocycles. The first-order valence-electron chi connectivity index (χ1n) is 6.37. The summed E-state index contributed by atoms with van der Waals surface area (Å²) in [6, 6.07) is 1.45. The minimum atomic E-state index is -1.08. The molecule has 1 atom stereocenters. The second-order valence-corrected chi connectivity index (χ2v) is 6.89. The minimum absolute atomic E-state index is 0.0494. The van der Waals surface area contributed by atoms with Crippen LogP contribution in [0.4, 0.5) is 11.6 Å². The van der Waals surface area contributed by atoms with Crippen LogP contribution in [0.2, 0.25) is 0 Å². The van der Waals surface area contributed by atoms with E-state index in [4.69, 9.17) is 11.5 Å². The smallest absolute Gasteiger partial charge is 0.352 e. The second kappa shape index (κ2) is 5.69. The third kappa shape index (κ3) is 2.71. The lowest BCUT2D eigenvalue weighted by molar-refractivity contribution is -0.146. The zero-order valence-corrected chi connectivity index (χ0v) is 13.0. The standard InChI is InChI=1S/C12H13N5O3S2/c13-6-1-7(14)16-12(15-6)22-4-5-3-21-9-2-8(18)17(9)10(5)11(19)20/h1,9H,2-4H2,(H,19,20)(H4,13,14,15,16)/t9-/m1/s1. The number of nitrogens with zero attached hydrogens (tertiary/aromatic N) is 3. The van der Waals surface area contributed by atoms with Gasteiger partial charge in [0.2, 0.25) is 5.91 Å². The number of carbonyl (C=O) groups excluding carboxylic acids is 1. The zero-order chi connectivity index (χ0) is 15.9. The van der Waals surface area contributed by atoms with E-state index in [2.05, 4.69) is 9.97 Å². The first-order chi connectivity index (χ1) is 10.5. The van der Waals surface area contributed by atoms with Gasteiger partial charge in [-0.3, -0.25) is 9.69 Å². The average Bonchev–Trinajstić information content (AvgIpc) is 2.42. The maximum Gasteiger partial charge on any atom is 0.352 e. The van der Waals surface area contributed by atoms with Crippen molar-refractivity contribution in [3.63, 3.8) is 0 Å². The number of carboxylic acid groups (broad SMARTS) is 1. The van der Waals surface area contributed by atoms with Gasteiger partial charge in [-0.2, -0.15) is 0 Å². The Morgan fingerprint density at radius 1 is 1.45 bits per heavy atom. The first-order valence-corrected chi connectivity index (χ1v) is 8.41. The van der Waals surface area contributed by atoms with Gasteiger partial charge in [-0.05, 0) is 5.57 Å². The predicted molar refractivity (Wildman–Crippen MR) is 84.0 cm³/mol. The quantitative estimate of drug-likeness (QED) is 0.404. The molecular formula is C12H13N5O3S2. The molecule has 5 N–H and O–H groups in total. The Labute approximate surface area is 134 Å². The number of thioether (sulfide) groups is 2. The average molecular weight is 339 g/mol. The van der Waals surface area contributed by atoms with Crippen molar-refractivity contribution < 1.29 is 14.7 Å². The van der Waals surface area contributed by atoms with Crippen LogP contribution >= 0.6 is 23.5 Å². The SMILES string of the molecule is Nc1cc(N)nc(SCC2=C(C(=O)O)N3C(=O)C[C@H]3SC2)n1. The normalized spacial score (nSPS) is 20.6. The number of aromatic nitrogens is 2. The van der Waals surface area contributed by atoms with Crippen LogP contribution in [0.3, 0.4) is 0 Å². The Hall–Kier alpha value is -1.94. The lowest BCUT2D eigenvalue weighted by Gasteiger charge is -2.43. The summed E-state index contributed by atoms with van der Waals surface area (Å²) in [4.78, 5) is 32.6. The van der Waals surface area contributed by atoms with Gasteiger partial charge < -0.3 is 16.6 Å². The predicted octanol–water partition coefficient (Wildman–Crippen LogP) is 0.377. The van der Waals surface area contributed by atoms with Crippen molar-refractivity contribution in [1.29, 1.82) is 0 Å². The van der Waals surface area contributed by atoms with E-state index in [9.17, 15) is 14.7 Å². The topological polar surface area (TPSA) is 135 Å². The molecule has 0 bridgehead atoms. The summed E-state index contributed by atoms with van der Waals surface area (Å²) in [5.41, 5.74) is 12.0. The van der Waals surface area contributed by atoms with Crippen LogP contribution in [0.15, 0.2) is 22.5 Å². The third-order valence-corrected chi connectivity index (χ3v) is 5.47. The van der Waals surface area contributed by atoms with Gasteiger partial charge in [-0.15, -0.1) is 11.8 Å². The molecule has 3 heterocycles. The number of β-lactam (4-membered cyclic amide) rings is 1. The maximum atomic E-state index is 11.6. The molecule has 1 fully saturated rings. The number of anilines is 2. The number of amides is 1. The van der Waals surface area contributed by atoms with Crippen LogP contribution in [0.1, 0.15) is 6.42 Å². The van der Waals surface area contributed by atoms with Gasteiger partial charge in [0.05, 0.1) is 11.8 Å². The van der Waals surface area contributed by atoms with Crippen molar-refractivity contribution in [2.75, 3.05) is 23.0 Å². The number of carboxylic acids is 1. The highest BCUT2D eigenvalue weighted by Gasteiger charge is 2.45. The number of fused-ring (bicyclic) bond motifs is 1. The van der Waals surface area contributed by atoms with Crippen LogP contribution in [-0.4, -0.2) is 48.7 Å². The number of nitrogen functional groups attached to an aromatic ring is 2. The van der Waals surface area contributed by atoms with Crippen LogP contribution in [-0.2, 0) is 9.59 Å². The van der Waals surface area contributed by atoms with Crippen LogP contribution < -0.4 is 11.5 Å². The lowest BCUT2D eigenvalue weighted by atomic mass is 10.1. The van der Waals surface area contributed by atoms with E-state index in [0.29, 0.717) is 28.7 Å². The largest absolute Gasteiger partial charge is 0.477 e. The van der Waals surface area contributed by atoms with Crippen molar-refractivity contribution in [1.82, 2.24) is 14.9 Å². The summed E-state index contributed by atoms with van der Waals surface area (Å²) in [6.45, 7) is 0. The van der Waals surface area contributed by atoms with E-state index >= 15 is 0 Å². The van der Waals surface area contributed by atoms with E-state index in [1.807, 2.05) is 0 Å². The summed E-state index contributed by atoms with van der Waals surface area (Å²) in [5, 5.41) is 9.73. The molecule has 3 rings (SSSR count). The van der Waals surface area contributed by atoms with E-state index in [1.165, 1.54) is 22.7 Å². The van der Waals surface area contributed by atoms with Crippen LogP contribution in [0.5, 0.6) is 0 Å². The van der Waals surface area contributed by atoms with Gasteiger partial charge >= 0.3 is 5.97 Å². The molecule has 22 heavy (non-hydrogen) atoms. The Balaban J connectivity index is 1.81. The molecule has 2 aliphatic rings. The van der Waals surface area contributed by atoms with Gasteiger partial charge in [0.1, 0.15) is 17.3 Å². The minimum Gasteiger partial charge on any atom is -0.477 e. The molecule has 1 saturated heterocycles. The Morgan fingerprint density at radius 3 is 2.73 bits per heavy atom. The summed E-state index contributed by atoms with van der Waals surface area (Å²) < 4.78 is 0. The fraction of sp³-hybridized carbons (Fsp3) is 0.333. The van der Waals surface area contributed by atoms with Crippen molar-refractivity contribution in [3.8, 4) is 0 Å². The van der Waals surface area contributed by atoms with Crippen molar-refractivity contribution >= 4 is 47.0 Å². The molecule has 0 spiro atoms. The van der Waals surface area contributed by atoms with Gasteiger partial charge in [-0.1, -0.05) is 11.8 Å². The number of carbonyl (C=O) groups is 2. The van der Waals surface area contributed by atoms with Gasteiger partial charge in [0, 0.05) is 17.6 Å². The monoisotopic (exact) mass is 339 g/mol. The Kier molecular flexibility index (Phi) is 3.87. The molecule has 0 aliphatic carbocycles. The molecule has 116 valence electrons. The Bertz CT molecular complexity index is 673. The third-order valence-electron chi connectivity index (χ3n) is 3.25. The molecule has 0 aromatic carbocycles. The van der Waals surface area contributed by atoms with Crippen molar-refractivity contribution in [3.05, 3.63) is 17.3 Å². The van der Waals surface area contributed by atoms with E-state index < -0.39 is 5.97 Å². The summed E-state index contributed by atoms with van der Waals surface area (Å²) >= 11 is 2.82. The maximum absolute atomic E-state index is 11.6. The van der Waals surface area contributed by atoms with Gasteiger partial charge in [0.15, 0.2) is 5.16 Å². The molecule has 1 aromatic rings. The molecular weight excluding hydrogens is 326 g/mol. The number of hydrogen-bond donors (Lipinski definition) is 3. The van der Waals surface area contributed by atoms with Crippen molar-refractivity contribution in [2.45, 2.75) is 17.0 Å². The molecule has 0 radical (unpaired) electrons. The number of nitrogens with two attached hydrogens (primary N) is 2. The summed E-state index contributed by atoms with van der Waals surface area (Å²) in [5.74, 6) is 0.231. The molecule has 10 heteroatoms. The van der Waals surface area contributed by atoms with Crippen molar-refractivity contribution in [2.24, 2.45) is 0 Å². The highest BCUT2D eigenvalue weighted by molar-refractivity contribution is 8.00. The number of aliphatic carboxylic acids is 1. The fourth-order valence-corrected chi connectivity index (χ4v) is 4.54. The second-order valence-electron chi connectivity index (χ2n) is 4.78. The van der Waals surface area contributed by atoms with E-state index in [1.54, 1.807) is 11.8 Å². The van der Waals surface area contributed by atoms with Crippen LogP contribution in [0, 0.1) is 0 Å². The summed E-state index contributed by atoms with van der Waals surface area (Å²) in [7, 11) is 0. The van der Waals surface area contributed by atoms with Gasteiger partial charge in [0.25, 0.3) is 0 Å². The number of hydrogen-bond acceptors (Lipinski definition) is 8. The molecule has 8 nitrogen and oxygen atoms in total. The van der Waals surface area contributed by atoms with E-state index in [0.717, 1.165) is 0 Å². The highest BCUT2D eigenvalue weighted by Crippen LogP contribution is 2.41. The lowest BCUT2D eigenvalue weighted by Crippen LogP contribution is -2.54. The summed E-state index contributed by atoms with van der Waals surface area (Å²) in [6.07, 6.45) is 0.400.